The summed E-state index contributed by atoms with van der Waals surface area (Å²) in [6.07, 6.45) is -3.62. The zero-order valence-electron chi connectivity index (χ0n) is 6.64. The van der Waals surface area contributed by atoms with Crippen LogP contribution in [0, 0.1) is 6.07 Å². The molecule has 1 radical (unpaired) electrons. The Bertz CT molecular complexity index is 338. The number of rotatable bonds is 1. The molecule has 1 aliphatic heterocycles. The van der Waals surface area contributed by atoms with Gasteiger partial charge >= 0.3 is 6.29 Å². The predicted octanol–water partition coefficient (Wildman–Crippen LogP) is 1.82. The van der Waals surface area contributed by atoms with Gasteiger partial charge in [-0.15, -0.1) is 8.78 Å². The Labute approximate surface area is 72.8 Å². The number of alkyl halides is 2. The third kappa shape index (κ3) is 1.26. The molecule has 0 fully saturated rings. The fraction of sp³-hybridized carbons (Fsp3) is 0.250. The van der Waals surface area contributed by atoms with E-state index in [9.17, 15) is 8.78 Å². The average Bonchev–Trinajstić information content (AvgIpc) is 2.37. The molecule has 0 saturated carbocycles. The minimum atomic E-state index is -3.62. The molecule has 3 nitrogen and oxygen atoms in total. The van der Waals surface area contributed by atoms with Gasteiger partial charge in [0.25, 0.3) is 0 Å². The van der Waals surface area contributed by atoms with Crippen LogP contribution in [0.2, 0.25) is 0 Å². The highest BCUT2D eigenvalue weighted by atomic mass is 19.3. The highest BCUT2D eigenvalue weighted by Crippen LogP contribution is 2.46. The monoisotopic (exact) mass is 187 g/mol. The Kier molecular flexibility index (Phi) is 1.55. The first-order valence-corrected chi connectivity index (χ1v) is 3.47. The number of hydrogen-bond donors (Lipinski definition) is 0. The van der Waals surface area contributed by atoms with E-state index >= 15 is 0 Å². The maximum Gasteiger partial charge on any atom is 0.586 e. The van der Waals surface area contributed by atoms with E-state index in [-0.39, 0.29) is 17.2 Å². The number of fused-ring (bicyclic) bond motifs is 1. The van der Waals surface area contributed by atoms with Gasteiger partial charge < -0.3 is 14.2 Å². The Hall–Kier alpha value is -1.52. The topological polar surface area (TPSA) is 27.7 Å². The highest BCUT2D eigenvalue weighted by molar-refractivity contribution is 5.52. The second kappa shape index (κ2) is 2.48. The number of benzene rings is 1. The number of halogens is 2. The molecule has 0 atom stereocenters. The second-order valence-corrected chi connectivity index (χ2v) is 2.37. The number of hydrogen-bond acceptors (Lipinski definition) is 3. The van der Waals surface area contributed by atoms with E-state index in [1.54, 1.807) is 0 Å². The first-order valence-electron chi connectivity index (χ1n) is 3.47. The fourth-order valence-corrected chi connectivity index (χ4v) is 1.04. The van der Waals surface area contributed by atoms with Gasteiger partial charge in [-0.2, -0.15) is 0 Å². The van der Waals surface area contributed by atoms with Crippen molar-refractivity contribution >= 4 is 0 Å². The lowest BCUT2D eigenvalue weighted by molar-refractivity contribution is -0.287. The highest BCUT2D eigenvalue weighted by Gasteiger charge is 2.45. The lowest BCUT2D eigenvalue weighted by Gasteiger charge is -2.05. The summed E-state index contributed by atoms with van der Waals surface area (Å²) >= 11 is 0. The molecule has 1 aromatic rings. The molecule has 0 spiro atoms. The third-order valence-corrected chi connectivity index (χ3v) is 1.54. The smallest absolute Gasteiger partial charge is 0.493 e. The van der Waals surface area contributed by atoms with Crippen molar-refractivity contribution in [3.8, 4) is 17.2 Å². The van der Waals surface area contributed by atoms with E-state index < -0.39 is 6.29 Å². The van der Waals surface area contributed by atoms with Crippen LogP contribution in [0.25, 0.3) is 0 Å². The van der Waals surface area contributed by atoms with Crippen molar-refractivity contribution in [2.45, 2.75) is 6.29 Å². The summed E-state index contributed by atoms with van der Waals surface area (Å²) in [5.74, 6) is -0.0507. The maximum atomic E-state index is 12.5. The molecular formula is C8H5F2O3. The molecule has 13 heavy (non-hydrogen) atoms. The lowest BCUT2D eigenvalue weighted by Crippen LogP contribution is -2.26. The Morgan fingerprint density at radius 1 is 1.46 bits per heavy atom. The van der Waals surface area contributed by atoms with Gasteiger partial charge in [0.1, 0.15) is 0 Å². The van der Waals surface area contributed by atoms with Crippen molar-refractivity contribution in [1.82, 2.24) is 0 Å². The summed E-state index contributed by atoms with van der Waals surface area (Å²) < 4.78 is 38.2. The van der Waals surface area contributed by atoms with E-state index in [2.05, 4.69) is 15.5 Å². The zero-order chi connectivity index (χ0) is 9.47. The average molecular weight is 187 g/mol. The number of ether oxygens (including phenoxy) is 3. The SMILES string of the molecule is COc1cc[c]c2c1OC(F)(F)O2. The van der Waals surface area contributed by atoms with Crippen molar-refractivity contribution < 1.29 is 23.0 Å². The molecule has 0 saturated heterocycles. The van der Waals surface area contributed by atoms with Gasteiger partial charge in [0.15, 0.2) is 11.5 Å². The molecule has 1 heterocycles. The molecule has 5 heteroatoms. The summed E-state index contributed by atoms with van der Waals surface area (Å²) in [5, 5.41) is 0. The summed E-state index contributed by atoms with van der Waals surface area (Å²) in [6, 6.07) is 5.35. The minimum Gasteiger partial charge on any atom is -0.493 e. The molecule has 0 amide bonds. The molecular weight excluding hydrogens is 182 g/mol. The van der Waals surface area contributed by atoms with Crippen LogP contribution in [0.5, 0.6) is 17.2 Å². The van der Waals surface area contributed by atoms with Gasteiger partial charge in [0.05, 0.1) is 7.11 Å². The molecule has 1 aliphatic rings. The van der Waals surface area contributed by atoms with Crippen molar-refractivity contribution in [3.63, 3.8) is 0 Å². The maximum absolute atomic E-state index is 12.5. The molecule has 69 valence electrons. The van der Waals surface area contributed by atoms with Gasteiger partial charge in [-0.25, -0.2) is 0 Å². The molecule has 0 unspecified atom stereocenters. The van der Waals surface area contributed by atoms with Crippen molar-refractivity contribution in [3.05, 3.63) is 18.2 Å². The summed E-state index contributed by atoms with van der Waals surface area (Å²) in [5.41, 5.74) is 0. The predicted molar refractivity (Wildman–Crippen MR) is 38.0 cm³/mol. The summed E-state index contributed by atoms with van der Waals surface area (Å²) in [4.78, 5) is 0. The van der Waals surface area contributed by atoms with Crippen LogP contribution in [0.3, 0.4) is 0 Å². The van der Waals surface area contributed by atoms with Gasteiger partial charge in [0.2, 0.25) is 5.75 Å². The summed E-state index contributed by atoms with van der Waals surface area (Å²) in [6.45, 7) is 0. The quantitative estimate of drug-likeness (QED) is 0.671. The van der Waals surface area contributed by atoms with Crippen LogP contribution in [-0.2, 0) is 0 Å². The van der Waals surface area contributed by atoms with Crippen molar-refractivity contribution in [2.24, 2.45) is 0 Å². The van der Waals surface area contributed by atoms with Crippen LogP contribution in [0.1, 0.15) is 0 Å². The normalized spacial score (nSPS) is 17.2. The molecule has 2 rings (SSSR count). The van der Waals surface area contributed by atoms with Crippen LogP contribution >= 0.6 is 0 Å². The van der Waals surface area contributed by atoms with Crippen molar-refractivity contribution in [1.29, 1.82) is 0 Å². The molecule has 0 aliphatic carbocycles. The lowest BCUT2D eigenvalue weighted by atomic mass is 10.3. The van der Waals surface area contributed by atoms with E-state index in [0.717, 1.165) is 0 Å². The first-order chi connectivity index (χ1) is 6.12. The fourth-order valence-electron chi connectivity index (χ4n) is 1.04. The van der Waals surface area contributed by atoms with Gasteiger partial charge in [0, 0.05) is 6.07 Å². The second-order valence-electron chi connectivity index (χ2n) is 2.37. The van der Waals surface area contributed by atoms with Crippen LogP contribution in [-0.4, -0.2) is 13.4 Å². The van der Waals surface area contributed by atoms with E-state index in [1.165, 1.54) is 19.2 Å². The Morgan fingerprint density at radius 3 is 2.92 bits per heavy atom. The standard InChI is InChI=1S/C8H5F2O3/c1-11-5-3-2-4-6-7(5)13-8(9,10)12-6/h2-3H,1H3. The Balaban J connectivity index is 2.45. The van der Waals surface area contributed by atoms with E-state index in [4.69, 9.17) is 4.74 Å². The van der Waals surface area contributed by atoms with Gasteiger partial charge in [-0.05, 0) is 12.1 Å². The third-order valence-electron chi connectivity index (χ3n) is 1.54. The Morgan fingerprint density at radius 2 is 2.23 bits per heavy atom. The van der Waals surface area contributed by atoms with Crippen LogP contribution in [0.15, 0.2) is 12.1 Å². The van der Waals surface area contributed by atoms with Crippen LogP contribution < -0.4 is 14.2 Å². The van der Waals surface area contributed by atoms with Crippen molar-refractivity contribution in [2.75, 3.05) is 7.11 Å². The number of methoxy groups -OCH3 is 1. The van der Waals surface area contributed by atoms with E-state index in [1.807, 2.05) is 0 Å². The molecule has 0 N–H and O–H groups in total. The molecule has 0 bridgehead atoms. The first kappa shape index (κ1) is 8.10. The van der Waals surface area contributed by atoms with Gasteiger partial charge in [-0.1, -0.05) is 0 Å². The van der Waals surface area contributed by atoms with Gasteiger partial charge in [-0.3, -0.25) is 0 Å². The summed E-state index contributed by atoms with van der Waals surface area (Å²) in [7, 11) is 1.36. The molecule has 0 aromatic heterocycles. The minimum absolute atomic E-state index is 0.116. The van der Waals surface area contributed by atoms with Crippen LogP contribution in [0.4, 0.5) is 8.78 Å². The van der Waals surface area contributed by atoms with E-state index in [0.29, 0.717) is 0 Å². The largest absolute Gasteiger partial charge is 0.586 e. The zero-order valence-corrected chi connectivity index (χ0v) is 6.64. The molecule has 1 aromatic carbocycles.